The third-order valence-corrected chi connectivity index (χ3v) is 4.35. The molecule has 1 aromatic rings. The van der Waals surface area contributed by atoms with Crippen LogP contribution in [-0.2, 0) is 4.79 Å². The average Bonchev–Trinajstić information content (AvgIpc) is 3.08. The quantitative estimate of drug-likeness (QED) is 0.654. The number of aldehydes is 1. The molecule has 0 radical (unpaired) electrons. The molecule has 0 bridgehead atoms. The number of carbonyl (C=O) groups is 2. The maximum absolute atomic E-state index is 10.8. The zero-order chi connectivity index (χ0) is 17.8. The molecule has 7 heteroatoms. The molecule has 1 fully saturated rings. The van der Waals surface area contributed by atoms with Gasteiger partial charge in [-0.3, -0.25) is 14.7 Å². The van der Waals surface area contributed by atoms with Crippen LogP contribution in [-0.4, -0.2) is 59.6 Å². The van der Waals surface area contributed by atoms with Crippen molar-refractivity contribution < 1.29 is 14.7 Å². The Balaban J connectivity index is 0.000000648. The smallest absolute Gasteiger partial charge is 0.206 e. The molecule has 1 aliphatic rings. The van der Waals surface area contributed by atoms with Crippen molar-refractivity contribution in [1.82, 2.24) is 20.4 Å². The van der Waals surface area contributed by atoms with E-state index in [0.717, 1.165) is 31.2 Å². The second-order valence-electron chi connectivity index (χ2n) is 5.93. The van der Waals surface area contributed by atoms with Crippen LogP contribution in [0.15, 0.2) is 12.4 Å². The first-order valence-corrected chi connectivity index (χ1v) is 8.26. The first kappa shape index (κ1) is 19.9. The van der Waals surface area contributed by atoms with Gasteiger partial charge in [-0.25, -0.2) is 0 Å². The van der Waals surface area contributed by atoms with Crippen LogP contribution in [0.2, 0.25) is 0 Å². The largest absolute Gasteiger partial charge is 0.396 e. The maximum Gasteiger partial charge on any atom is 0.206 e. The molecule has 7 nitrogen and oxygen atoms in total. The minimum absolute atomic E-state index is 0.305. The van der Waals surface area contributed by atoms with E-state index in [1.165, 1.54) is 19.0 Å². The summed E-state index contributed by atoms with van der Waals surface area (Å²) in [6, 6.07) is 0.545. The number of amides is 1. The van der Waals surface area contributed by atoms with E-state index in [9.17, 15) is 4.79 Å². The number of aliphatic hydroxyl groups is 1. The molecular formula is C17H28N4O3. The van der Waals surface area contributed by atoms with Gasteiger partial charge in [0.1, 0.15) is 0 Å². The molecule has 1 aromatic heterocycles. The van der Waals surface area contributed by atoms with Crippen molar-refractivity contribution in [3.8, 4) is 0 Å². The van der Waals surface area contributed by atoms with Gasteiger partial charge in [0.15, 0.2) is 6.29 Å². The Bertz CT molecular complexity index is 508. The fourth-order valence-corrected chi connectivity index (χ4v) is 2.87. The number of nitrogens with zero attached hydrogens (tertiary/aromatic N) is 2. The van der Waals surface area contributed by atoms with Gasteiger partial charge in [-0.1, -0.05) is 0 Å². The Morgan fingerprint density at radius 1 is 1.38 bits per heavy atom. The Kier molecular flexibility index (Phi) is 9.45. The van der Waals surface area contributed by atoms with E-state index in [-0.39, 0.29) is 0 Å². The molecular weight excluding hydrogens is 308 g/mol. The van der Waals surface area contributed by atoms with Crippen molar-refractivity contribution in [2.45, 2.75) is 38.1 Å². The second kappa shape index (κ2) is 11.4. The van der Waals surface area contributed by atoms with Gasteiger partial charge < -0.3 is 15.3 Å². The molecule has 0 atom stereocenters. The fourth-order valence-electron chi connectivity index (χ4n) is 2.87. The summed E-state index contributed by atoms with van der Waals surface area (Å²) < 4.78 is 0. The molecule has 3 N–H and O–H groups in total. The van der Waals surface area contributed by atoms with Crippen molar-refractivity contribution in [2.75, 3.05) is 20.7 Å². The number of hydrogen-bond acceptors (Lipinski definition) is 5. The lowest BCUT2D eigenvalue weighted by molar-refractivity contribution is -0.109. The maximum atomic E-state index is 10.8. The van der Waals surface area contributed by atoms with Crippen LogP contribution in [0.5, 0.6) is 0 Å². The van der Waals surface area contributed by atoms with Crippen molar-refractivity contribution in [3.63, 3.8) is 0 Å². The molecule has 1 heterocycles. The molecule has 0 spiro atoms. The average molecular weight is 336 g/mol. The summed E-state index contributed by atoms with van der Waals surface area (Å²) in [4.78, 5) is 22.1. The van der Waals surface area contributed by atoms with Crippen LogP contribution in [0.4, 0.5) is 0 Å². The predicted octanol–water partition coefficient (Wildman–Crippen LogP) is 1.43. The van der Waals surface area contributed by atoms with Crippen LogP contribution in [0.25, 0.3) is 6.08 Å². The van der Waals surface area contributed by atoms with E-state index in [4.69, 9.17) is 9.90 Å². The van der Waals surface area contributed by atoms with Gasteiger partial charge in [-0.2, -0.15) is 5.10 Å². The molecule has 1 amide bonds. The van der Waals surface area contributed by atoms with E-state index >= 15 is 0 Å². The fraction of sp³-hybridized carbons (Fsp3) is 0.588. The molecule has 0 aromatic carbocycles. The lowest BCUT2D eigenvalue weighted by Crippen LogP contribution is -2.31. The summed E-state index contributed by atoms with van der Waals surface area (Å²) in [5.74, 6) is 0.683. The van der Waals surface area contributed by atoms with E-state index in [0.29, 0.717) is 30.5 Å². The monoisotopic (exact) mass is 336 g/mol. The first-order valence-electron chi connectivity index (χ1n) is 8.26. The van der Waals surface area contributed by atoms with Gasteiger partial charge in [0.2, 0.25) is 6.41 Å². The van der Waals surface area contributed by atoms with E-state index in [1.807, 2.05) is 12.3 Å². The Labute approximate surface area is 143 Å². The first-order chi connectivity index (χ1) is 11.7. The van der Waals surface area contributed by atoms with Gasteiger partial charge in [-0.15, -0.1) is 0 Å². The topological polar surface area (TPSA) is 98.3 Å². The summed E-state index contributed by atoms with van der Waals surface area (Å²) in [5.41, 5.74) is 1.34. The Morgan fingerprint density at radius 2 is 2.04 bits per heavy atom. The van der Waals surface area contributed by atoms with Gasteiger partial charge in [0, 0.05) is 32.9 Å². The highest BCUT2D eigenvalue weighted by Gasteiger charge is 2.22. The van der Waals surface area contributed by atoms with Crippen molar-refractivity contribution in [2.24, 2.45) is 5.92 Å². The lowest BCUT2D eigenvalue weighted by Gasteiger charge is -2.34. The van der Waals surface area contributed by atoms with E-state index in [1.54, 1.807) is 7.05 Å². The zero-order valence-electron chi connectivity index (χ0n) is 14.4. The second-order valence-corrected chi connectivity index (χ2v) is 5.93. The highest BCUT2D eigenvalue weighted by Crippen LogP contribution is 2.29. The van der Waals surface area contributed by atoms with Crippen LogP contribution in [0.3, 0.4) is 0 Å². The number of rotatable bonds is 7. The Morgan fingerprint density at radius 3 is 2.58 bits per heavy atom. The minimum Gasteiger partial charge on any atom is -0.396 e. The number of hydrogen-bond donors (Lipinski definition) is 3. The SMILES string of the molecule is CN(/C=C\c1[nH]ncc1C=O)C1CCC(CCO)CC1.CNC=O. The predicted molar refractivity (Wildman–Crippen MR) is 93.3 cm³/mol. The zero-order valence-corrected chi connectivity index (χ0v) is 14.4. The highest BCUT2D eigenvalue weighted by molar-refractivity contribution is 5.79. The molecule has 24 heavy (non-hydrogen) atoms. The molecule has 1 aliphatic carbocycles. The molecule has 0 saturated heterocycles. The van der Waals surface area contributed by atoms with Gasteiger partial charge >= 0.3 is 0 Å². The van der Waals surface area contributed by atoms with Crippen molar-refractivity contribution in [1.29, 1.82) is 0 Å². The Hall–Kier alpha value is -2.15. The van der Waals surface area contributed by atoms with Gasteiger partial charge in [-0.05, 0) is 44.1 Å². The van der Waals surface area contributed by atoms with Gasteiger partial charge in [0.25, 0.3) is 0 Å². The number of aromatic nitrogens is 2. The summed E-state index contributed by atoms with van der Waals surface area (Å²) in [6.07, 6.45) is 12.5. The number of nitrogens with one attached hydrogen (secondary N) is 2. The summed E-state index contributed by atoms with van der Waals surface area (Å²) >= 11 is 0. The molecule has 2 rings (SSSR count). The summed E-state index contributed by atoms with van der Waals surface area (Å²) in [7, 11) is 3.64. The molecule has 134 valence electrons. The molecule has 0 unspecified atom stereocenters. The third kappa shape index (κ3) is 6.54. The number of aliphatic hydroxyl groups excluding tert-OH is 1. The van der Waals surface area contributed by atoms with Crippen LogP contribution in [0, 0.1) is 5.92 Å². The normalized spacial score (nSPS) is 20.1. The van der Waals surface area contributed by atoms with Crippen molar-refractivity contribution in [3.05, 3.63) is 23.7 Å². The highest BCUT2D eigenvalue weighted by atomic mass is 16.3. The van der Waals surface area contributed by atoms with E-state index < -0.39 is 0 Å². The van der Waals surface area contributed by atoms with Gasteiger partial charge in [0.05, 0.1) is 17.5 Å². The van der Waals surface area contributed by atoms with Crippen molar-refractivity contribution >= 4 is 18.8 Å². The number of H-pyrrole nitrogens is 1. The summed E-state index contributed by atoms with van der Waals surface area (Å²) in [5, 5.41) is 17.9. The molecule has 0 aliphatic heterocycles. The number of aromatic amines is 1. The standard InChI is InChI=1S/C15H23N3O2.C2H5NO/c1-18(8-6-15-13(11-20)10-16-17-15)14-4-2-12(3-5-14)7-9-19;1-3-2-4/h6,8,10-12,14,19H,2-5,7,9H2,1H3,(H,16,17);2H,1H3,(H,3,4)/b8-6-;. The van der Waals surface area contributed by atoms with Crippen LogP contribution < -0.4 is 5.32 Å². The minimum atomic E-state index is 0.305. The number of carbonyl (C=O) groups excluding carboxylic acids is 2. The third-order valence-electron chi connectivity index (χ3n) is 4.35. The van der Waals surface area contributed by atoms with E-state index in [2.05, 4.69) is 27.5 Å². The van der Waals surface area contributed by atoms with Crippen LogP contribution in [0.1, 0.15) is 48.2 Å². The van der Waals surface area contributed by atoms with Crippen LogP contribution >= 0.6 is 0 Å². The molecule has 1 saturated carbocycles. The lowest BCUT2D eigenvalue weighted by atomic mass is 9.84. The summed E-state index contributed by atoms with van der Waals surface area (Å²) in [6.45, 7) is 0.305.